The van der Waals surface area contributed by atoms with Gasteiger partial charge in [-0.05, 0) is 115 Å². The van der Waals surface area contributed by atoms with Crippen LogP contribution in [0.3, 0.4) is 0 Å². The number of hydrogen-bond donors (Lipinski definition) is 0. The third-order valence-electron chi connectivity index (χ3n) is 7.59. The molecule has 1 aliphatic rings. The number of benzene rings is 2. The molecule has 35 heavy (non-hydrogen) atoms. The van der Waals surface area contributed by atoms with Crippen molar-refractivity contribution in [2.75, 3.05) is 20.1 Å². The maximum Gasteiger partial charge on any atom is 0.248 e. The maximum atomic E-state index is 13.9. The molecular formula is C31H39F2NS. The minimum atomic E-state index is -2.54. The fraction of sp³-hybridized carbons (Fsp3) is 0.484. The van der Waals surface area contributed by atoms with Crippen LogP contribution in [-0.4, -0.2) is 31.0 Å². The molecule has 0 saturated heterocycles. The van der Waals surface area contributed by atoms with E-state index in [9.17, 15) is 8.78 Å². The van der Waals surface area contributed by atoms with E-state index < -0.39 is 5.92 Å². The lowest BCUT2D eigenvalue weighted by molar-refractivity contribution is -0.0130. The Morgan fingerprint density at radius 2 is 1.66 bits per heavy atom. The Kier molecular flexibility index (Phi) is 8.12. The number of aryl methyl sites for hydroxylation is 4. The first kappa shape index (κ1) is 26.0. The van der Waals surface area contributed by atoms with E-state index in [-0.39, 0.29) is 12.8 Å². The summed E-state index contributed by atoms with van der Waals surface area (Å²) in [6, 6.07) is 13.4. The summed E-state index contributed by atoms with van der Waals surface area (Å²) in [5.41, 5.74) is 10.2. The van der Waals surface area contributed by atoms with Crippen LogP contribution in [0.4, 0.5) is 8.78 Å². The molecule has 1 heterocycles. The Morgan fingerprint density at radius 3 is 2.40 bits per heavy atom. The minimum Gasteiger partial charge on any atom is -0.306 e. The molecule has 1 aromatic heterocycles. The predicted molar refractivity (Wildman–Crippen MR) is 146 cm³/mol. The van der Waals surface area contributed by atoms with Crippen LogP contribution in [0.25, 0.3) is 10.4 Å². The van der Waals surface area contributed by atoms with Gasteiger partial charge in [-0.3, -0.25) is 0 Å². The highest BCUT2D eigenvalue weighted by Crippen LogP contribution is 2.35. The van der Waals surface area contributed by atoms with Gasteiger partial charge >= 0.3 is 0 Å². The summed E-state index contributed by atoms with van der Waals surface area (Å²) in [4.78, 5) is 3.60. The first-order chi connectivity index (χ1) is 16.6. The molecule has 2 aromatic carbocycles. The third-order valence-corrected chi connectivity index (χ3v) is 8.61. The number of thiophene rings is 1. The van der Waals surface area contributed by atoms with Crippen molar-refractivity contribution < 1.29 is 8.78 Å². The first-order valence-electron chi connectivity index (χ1n) is 13.0. The largest absolute Gasteiger partial charge is 0.306 e. The molecule has 0 aliphatic heterocycles. The molecule has 188 valence electrons. The van der Waals surface area contributed by atoms with Gasteiger partial charge in [0.15, 0.2) is 0 Å². The zero-order valence-electron chi connectivity index (χ0n) is 21.9. The quantitative estimate of drug-likeness (QED) is 0.284. The summed E-state index contributed by atoms with van der Waals surface area (Å²) in [5, 5.41) is 2.25. The number of hydrogen-bond acceptors (Lipinski definition) is 2. The van der Waals surface area contributed by atoms with Crippen LogP contribution in [0.5, 0.6) is 0 Å². The molecule has 1 nitrogen and oxygen atoms in total. The normalized spacial score (nSPS) is 16.2. The zero-order valence-corrected chi connectivity index (χ0v) is 22.7. The molecule has 0 saturated carbocycles. The molecular weight excluding hydrogens is 456 g/mol. The van der Waals surface area contributed by atoms with E-state index in [1.165, 1.54) is 32.7 Å². The molecule has 3 aromatic rings. The van der Waals surface area contributed by atoms with E-state index >= 15 is 0 Å². The molecule has 0 fully saturated rings. The lowest BCUT2D eigenvalue weighted by Crippen LogP contribution is -2.25. The Labute approximate surface area is 214 Å². The van der Waals surface area contributed by atoms with Crippen molar-refractivity contribution in [1.82, 2.24) is 4.90 Å². The fourth-order valence-corrected chi connectivity index (χ4v) is 6.21. The van der Waals surface area contributed by atoms with Crippen LogP contribution in [-0.2, 0) is 25.7 Å². The van der Waals surface area contributed by atoms with Crippen LogP contribution < -0.4 is 0 Å². The van der Waals surface area contributed by atoms with E-state index in [1.54, 1.807) is 11.3 Å². The molecule has 0 spiro atoms. The Morgan fingerprint density at radius 1 is 0.971 bits per heavy atom. The van der Waals surface area contributed by atoms with Crippen molar-refractivity contribution in [3.8, 4) is 10.4 Å². The van der Waals surface area contributed by atoms with Gasteiger partial charge in [-0.25, -0.2) is 8.78 Å². The van der Waals surface area contributed by atoms with Crippen molar-refractivity contribution in [3.05, 3.63) is 80.7 Å². The second-order valence-electron chi connectivity index (χ2n) is 10.7. The van der Waals surface area contributed by atoms with Gasteiger partial charge < -0.3 is 4.90 Å². The summed E-state index contributed by atoms with van der Waals surface area (Å²) in [6.07, 6.45) is 2.91. The maximum absolute atomic E-state index is 13.9. The average molecular weight is 496 g/mol. The van der Waals surface area contributed by atoms with Crippen LogP contribution in [0.1, 0.15) is 65.6 Å². The van der Waals surface area contributed by atoms with Crippen LogP contribution in [0.2, 0.25) is 0 Å². The first-order valence-corrected chi connectivity index (χ1v) is 13.9. The molecule has 0 radical (unpaired) electrons. The van der Waals surface area contributed by atoms with E-state index in [1.807, 2.05) is 0 Å². The van der Waals surface area contributed by atoms with Crippen LogP contribution in [0.15, 0.2) is 41.8 Å². The van der Waals surface area contributed by atoms with Crippen molar-refractivity contribution in [1.29, 1.82) is 0 Å². The van der Waals surface area contributed by atoms with E-state index in [2.05, 4.69) is 81.4 Å². The number of halogens is 2. The number of nitrogens with zero attached hydrogens (tertiary/aromatic N) is 1. The van der Waals surface area contributed by atoms with Gasteiger partial charge in [0.1, 0.15) is 0 Å². The Balaban J connectivity index is 1.47. The molecule has 1 atom stereocenters. The van der Waals surface area contributed by atoms with Crippen molar-refractivity contribution in [2.45, 2.75) is 72.1 Å². The molecule has 4 heteroatoms. The van der Waals surface area contributed by atoms with Crippen molar-refractivity contribution in [3.63, 3.8) is 0 Å². The van der Waals surface area contributed by atoms with Gasteiger partial charge in [-0.15, -0.1) is 11.3 Å². The van der Waals surface area contributed by atoms with Gasteiger partial charge in [-0.2, -0.15) is 0 Å². The van der Waals surface area contributed by atoms with Crippen LogP contribution >= 0.6 is 11.3 Å². The highest BCUT2D eigenvalue weighted by Gasteiger charge is 2.31. The van der Waals surface area contributed by atoms with Crippen molar-refractivity contribution in [2.24, 2.45) is 5.92 Å². The minimum absolute atomic E-state index is 0.0330. The van der Waals surface area contributed by atoms with E-state index in [0.717, 1.165) is 42.6 Å². The van der Waals surface area contributed by atoms with Gasteiger partial charge in [-0.1, -0.05) is 44.2 Å². The summed E-state index contributed by atoms with van der Waals surface area (Å²) in [7, 11) is 2.19. The lowest BCUT2D eigenvalue weighted by atomic mass is 9.91. The molecule has 4 rings (SSSR count). The standard InChI is InChI=1S/C31H39F2NS/c1-6-34(5)19-21(2)13-28-14-23(4)29(15-22(28)3)16-24-17-30(35-20-24)27-8-7-25-9-11-31(32,33)12-10-26(25)18-27/h7-8,14-15,17-18,20-21H,6,9-13,16,19H2,1-5H3/t21-/m1/s1. The van der Waals surface area contributed by atoms with E-state index in [0.29, 0.717) is 18.8 Å². The highest BCUT2D eigenvalue weighted by atomic mass is 32.1. The summed E-state index contributed by atoms with van der Waals surface area (Å²) >= 11 is 1.75. The van der Waals surface area contributed by atoms with Crippen LogP contribution in [0, 0.1) is 19.8 Å². The number of alkyl halides is 2. The second kappa shape index (κ2) is 10.9. The number of rotatable bonds is 8. The summed E-state index contributed by atoms with van der Waals surface area (Å²) < 4.78 is 27.8. The molecule has 0 amide bonds. The van der Waals surface area contributed by atoms with Gasteiger partial charge in [0.2, 0.25) is 5.92 Å². The second-order valence-corrected chi connectivity index (χ2v) is 11.6. The molecule has 1 aliphatic carbocycles. The summed E-state index contributed by atoms with van der Waals surface area (Å²) in [6.45, 7) is 11.2. The smallest absolute Gasteiger partial charge is 0.248 e. The predicted octanol–water partition coefficient (Wildman–Crippen LogP) is 8.27. The lowest BCUT2D eigenvalue weighted by Gasteiger charge is -2.21. The molecule has 0 unspecified atom stereocenters. The van der Waals surface area contributed by atoms with Gasteiger partial charge in [0.25, 0.3) is 0 Å². The summed E-state index contributed by atoms with van der Waals surface area (Å²) in [5.74, 6) is -1.90. The highest BCUT2D eigenvalue weighted by molar-refractivity contribution is 7.13. The molecule has 0 bridgehead atoms. The molecule has 0 N–H and O–H groups in total. The van der Waals surface area contributed by atoms with Gasteiger partial charge in [0.05, 0.1) is 0 Å². The Bertz CT molecular complexity index is 1160. The topological polar surface area (TPSA) is 3.24 Å². The Hall–Kier alpha value is -2.04. The number of fused-ring (bicyclic) bond motifs is 1. The third kappa shape index (κ3) is 6.59. The zero-order chi connectivity index (χ0) is 25.2. The monoisotopic (exact) mass is 495 g/mol. The van der Waals surface area contributed by atoms with Crippen molar-refractivity contribution >= 4 is 11.3 Å². The average Bonchev–Trinajstić information content (AvgIpc) is 3.22. The van der Waals surface area contributed by atoms with E-state index in [4.69, 9.17) is 0 Å². The van der Waals surface area contributed by atoms with Gasteiger partial charge in [0, 0.05) is 24.3 Å². The fourth-order valence-electron chi connectivity index (χ4n) is 5.30. The SMILES string of the molecule is CCN(C)C[C@H](C)Cc1cc(C)c(Cc2csc(-c3ccc4c(c3)CCC(F)(F)CC4)c2)cc1C.